The smallest absolute Gasteiger partial charge is 0.416 e. The summed E-state index contributed by atoms with van der Waals surface area (Å²) in [5.74, 6) is -4.27. The molecule has 1 amide bonds. The fraction of sp³-hybridized carbons (Fsp3) is 0.400. The number of nitrogens with one attached hydrogen (secondary N) is 1. The van der Waals surface area contributed by atoms with Crippen LogP contribution in [0.2, 0.25) is 0 Å². The number of nitrogens with zero attached hydrogens (tertiary/aromatic N) is 1. The Balaban J connectivity index is 1.86. The maximum atomic E-state index is 16.4. The molecular weight excluding hydrogens is 642 g/mol. The Kier molecular flexibility index (Phi) is 10.8. The van der Waals surface area contributed by atoms with Gasteiger partial charge in [-0.2, -0.15) is 13.2 Å². The van der Waals surface area contributed by atoms with Crippen molar-refractivity contribution in [3.8, 4) is 23.5 Å². The van der Waals surface area contributed by atoms with E-state index < -0.39 is 76.3 Å². The number of hydrogen-bond donors (Lipinski definition) is 2. The number of alkyl halides is 3. The minimum absolute atomic E-state index is 0.0902. The van der Waals surface area contributed by atoms with Gasteiger partial charge in [-0.25, -0.2) is 13.2 Å². The van der Waals surface area contributed by atoms with Gasteiger partial charge in [0.2, 0.25) is 5.91 Å². The molecule has 0 bridgehead atoms. The predicted octanol–water partition coefficient (Wildman–Crippen LogP) is 6.66. The molecule has 0 aliphatic carbocycles. The maximum absolute atomic E-state index is 16.4. The van der Waals surface area contributed by atoms with Gasteiger partial charge < -0.3 is 19.7 Å². The number of hydrogen-bond acceptors (Lipinski definition) is 4. The van der Waals surface area contributed by atoms with Crippen molar-refractivity contribution in [2.75, 3.05) is 13.2 Å². The van der Waals surface area contributed by atoms with Crippen LogP contribution in [0.5, 0.6) is 0 Å². The molecule has 1 fully saturated rings. The van der Waals surface area contributed by atoms with Crippen LogP contribution in [-0.2, 0) is 26.9 Å². The van der Waals surface area contributed by atoms with Crippen molar-refractivity contribution in [3.63, 3.8) is 0 Å². The molecule has 1 saturated heterocycles. The molecule has 2 atom stereocenters. The minimum atomic E-state index is -4.86. The Hall–Kier alpha value is -4.57. The third-order valence-corrected chi connectivity index (χ3v) is 8.22. The van der Waals surface area contributed by atoms with Gasteiger partial charge in [0.05, 0.1) is 36.8 Å². The van der Waals surface area contributed by atoms with Gasteiger partial charge in [-0.05, 0) is 73.1 Å². The number of terminal acetylenes is 1. The second-order valence-electron chi connectivity index (χ2n) is 12.4. The van der Waals surface area contributed by atoms with Crippen LogP contribution in [0.1, 0.15) is 72.2 Å². The molecule has 0 saturated carbocycles. The molecule has 256 valence electrons. The lowest BCUT2D eigenvalue weighted by Gasteiger charge is -2.29. The van der Waals surface area contributed by atoms with E-state index in [1.807, 2.05) is 0 Å². The summed E-state index contributed by atoms with van der Waals surface area (Å²) in [6, 6.07) is 0.312. The maximum Gasteiger partial charge on any atom is 0.416 e. The van der Waals surface area contributed by atoms with Gasteiger partial charge in [-0.15, -0.1) is 6.42 Å². The number of aromatic nitrogens is 1. The average molecular weight is 677 g/mol. The zero-order chi connectivity index (χ0) is 35.7. The molecule has 48 heavy (non-hydrogen) atoms. The van der Waals surface area contributed by atoms with Gasteiger partial charge in [0.15, 0.2) is 0 Å². The van der Waals surface area contributed by atoms with Crippen LogP contribution in [0.25, 0.3) is 11.1 Å². The third-order valence-electron chi connectivity index (χ3n) is 8.22. The van der Waals surface area contributed by atoms with E-state index in [1.54, 1.807) is 13.8 Å². The van der Waals surface area contributed by atoms with E-state index in [2.05, 4.69) is 11.2 Å². The Labute approximate surface area is 272 Å². The number of carboxylic acid groups (broad SMARTS) is 1. The zero-order valence-electron chi connectivity index (χ0n) is 26.6. The van der Waals surface area contributed by atoms with E-state index in [0.29, 0.717) is 6.07 Å². The molecular formula is C35H34F6N2O5. The molecule has 3 aromatic rings. The monoisotopic (exact) mass is 676 g/mol. The lowest BCUT2D eigenvalue weighted by atomic mass is 9.89. The summed E-state index contributed by atoms with van der Waals surface area (Å²) in [6.45, 7) is 6.79. The van der Waals surface area contributed by atoms with Crippen molar-refractivity contribution in [2.45, 2.75) is 65.2 Å². The lowest BCUT2D eigenvalue weighted by molar-refractivity contribution is -0.139. The van der Waals surface area contributed by atoms with E-state index in [0.717, 1.165) is 29.0 Å². The van der Waals surface area contributed by atoms with Crippen molar-refractivity contribution in [1.29, 1.82) is 0 Å². The van der Waals surface area contributed by atoms with Crippen LogP contribution < -0.4 is 10.9 Å². The summed E-state index contributed by atoms with van der Waals surface area (Å²) >= 11 is 0. The number of aliphatic carboxylic acids is 1. The second-order valence-corrected chi connectivity index (χ2v) is 12.4. The summed E-state index contributed by atoms with van der Waals surface area (Å²) in [6.07, 6.45) is 0.393. The number of carbonyl (C=O) groups excluding carboxylic acids is 1. The first-order chi connectivity index (χ1) is 22.4. The zero-order valence-corrected chi connectivity index (χ0v) is 26.6. The highest BCUT2D eigenvalue weighted by Gasteiger charge is 2.37. The van der Waals surface area contributed by atoms with Crippen LogP contribution in [-0.4, -0.2) is 34.8 Å². The molecule has 13 heteroatoms. The van der Waals surface area contributed by atoms with Gasteiger partial charge in [0, 0.05) is 29.3 Å². The summed E-state index contributed by atoms with van der Waals surface area (Å²) < 4.78 is 94.0. The van der Waals surface area contributed by atoms with E-state index in [-0.39, 0.29) is 65.7 Å². The molecule has 0 spiro atoms. The number of carboxylic acids is 1. The van der Waals surface area contributed by atoms with Crippen LogP contribution in [0.15, 0.2) is 35.3 Å². The first kappa shape index (κ1) is 36.3. The number of halogens is 6. The number of pyridine rings is 1. The number of amides is 1. The van der Waals surface area contributed by atoms with Gasteiger partial charge >= 0.3 is 12.1 Å². The highest BCUT2D eigenvalue weighted by molar-refractivity contribution is 5.82. The molecule has 1 aliphatic heterocycles. The van der Waals surface area contributed by atoms with Crippen LogP contribution in [0.3, 0.4) is 0 Å². The predicted molar refractivity (Wildman–Crippen MR) is 165 cm³/mol. The van der Waals surface area contributed by atoms with Gasteiger partial charge in [0.1, 0.15) is 23.5 Å². The molecule has 7 nitrogen and oxygen atoms in total. The quantitative estimate of drug-likeness (QED) is 0.175. The minimum Gasteiger partial charge on any atom is -0.481 e. The fourth-order valence-electron chi connectivity index (χ4n) is 6.02. The molecule has 1 aliphatic rings. The molecule has 1 aromatic heterocycles. The Bertz CT molecular complexity index is 1820. The second kappa shape index (κ2) is 14.3. The number of carbonyl (C=O) groups is 2. The highest BCUT2D eigenvalue weighted by atomic mass is 19.4. The number of benzene rings is 2. The molecule has 2 unspecified atom stereocenters. The number of rotatable bonds is 11. The van der Waals surface area contributed by atoms with Gasteiger partial charge in [-0.1, -0.05) is 19.8 Å². The first-order valence-corrected chi connectivity index (χ1v) is 15.1. The Morgan fingerprint density at radius 1 is 1.08 bits per heavy atom. The largest absolute Gasteiger partial charge is 0.481 e. The Morgan fingerprint density at radius 2 is 1.71 bits per heavy atom. The van der Waals surface area contributed by atoms with Crippen LogP contribution in [0.4, 0.5) is 26.3 Å². The van der Waals surface area contributed by atoms with Gasteiger partial charge in [-0.3, -0.25) is 14.4 Å². The first-order valence-electron chi connectivity index (χ1n) is 15.1. The van der Waals surface area contributed by atoms with Crippen LogP contribution in [0, 0.1) is 55.5 Å². The van der Waals surface area contributed by atoms with Crippen molar-refractivity contribution in [2.24, 2.45) is 11.8 Å². The normalized spacial score (nSPS) is 14.7. The molecule has 2 aromatic carbocycles. The highest BCUT2D eigenvalue weighted by Crippen LogP contribution is 2.38. The number of ether oxygens (including phenoxy) is 1. The summed E-state index contributed by atoms with van der Waals surface area (Å²) in [4.78, 5) is 39.0. The van der Waals surface area contributed by atoms with E-state index in [9.17, 15) is 37.1 Å². The SMILES string of the molecule is C#Cc1cc(-c2c(C)cc(F)cc2C)c(F)c(C(CC(=O)O)NC(=O)C(CC(C)C)n2cc(CC3COC3)c(C(F)(F)F)cc2=O)c1F. The summed E-state index contributed by atoms with van der Waals surface area (Å²) in [7, 11) is 0. The topological polar surface area (TPSA) is 97.6 Å². The van der Waals surface area contributed by atoms with E-state index >= 15 is 8.78 Å². The lowest BCUT2D eigenvalue weighted by Crippen LogP contribution is -2.41. The Morgan fingerprint density at radius 3 is 2.21 bits per heavy atom. The van der Waals surface area contributed by atoms with Crippen molar-refractivity contribution in [3.05, 3.63) is 91.6 Å². The fourth-order valence-corrected chi connectivity index (χ4v) is 6.02. The molecule has 2 N–H and O–H groups in total. The summed E-state index contributed by atoms with van der Waals surface area (Å²) in [5, 5.41) is 12.1. The van der Waals surface area contributed by atoms with Crippen molar-refractivity contribution >= 4 is 11.9 Å². The van der Waals surface area contributed by atoms with Crippen LogP contribution >= 0.6 is 0 Å². The van der Waals surface area contributed by atoms with Crippen molar-refractivity contribution < 1.29 is 45.8 Å². The molecule has 2 heterocycles. The van der Waals surface area contributed by atoms with Gasteiger partial charge in [0.25, 0.3) is 5.56 Å². The standard InChI is InChI=1S/C35H34F6N2O5/c1-6-21-11-24(30-18(4)8-23(36)9-19(30)5)33(38)31(32(21)37)26(13-29(45)46)42-34(47)27(7-17(2)3)43-14-22(10-20-15-48-16-20)25(12-28(43)44)35(39,40)41/h1,8-9,11-12,14,17,20,26-27H,7,10,13,15-16H2,2-5H3,(H,42,47)(H,45,46). The molecule has 4 rings (SSSR count). The average Bonchev–Trinajstić information content (AvgIpc) is 2.94. The van der Waals surface area contributed by atoms with E-state index in [1.165, 1.54) is 13.8 Å². The number of aryl methyl sites for hydroxylation is 2. The van der Waals surface area contributed by atoms with E-state index in [4.69, 9.17) is 11.2 Å². The summed E-state index contributed by atoms with van der Waals surface area (Å²) in [5.41, 5.74) is -3.44. The molecule has 0 radical (unpaired) electrons. The van der Waals surface area contributed by atoms with Crippen molar-refractivity contribution in [1.82, 2.24) is 9.88 Å². The third kappa shape index (κ3) is 7.76.